The molecule has 27 heavy (non-hydrogen) atoms. The van der Waals surface area contributed by atoms with Gasteiger partial charge in [-0.25, -0.2) is 10.0 Å². The third kappa shape index (κ3) is 4.29. The van der Waals surface area contributed by atoms with E-state index in [4.69, 9.17) is 34.3 Å². The fraction of sp³-hybridized carbons (Fsp3) is 0.0556. The second-order valence-corrected chi connectivity index (χ2v) is 7.19. The number of carbonyl (C=O) groups is 1. The second kappa shape index (κ2) is 8.08. The Hall–Kier alpha value is -2.42. The number of thiocarbonyl (C=S) groups is 1. The normalized spacial score (nSPS) is 15.4. The molecule has 2 aromatic carbocycles. The molecule has 1 heterocycles. The first-order valence-corrected chi connectivity index (χ1v) is 9.27. The lowest BCUT2D eigenvalue weighted by Crippen LogP contribution is -2.55. The Morgan fingerprint density at radius 1 is 1.33 bits per heavy atom. The number of ether oxygens (including phenoxy) is 1. The minimum absolute atomic E-state index is 0.0247. The van der Waals surface area contributed by atoms with E-state index in [0.29, 0.717) is 22.2 Å². The van der Waals surface area contributed by atoms with E-state index in [1.807, 2.05) is 12.1 Å². The largest absolute Gasteiger partial charge is 0.496 e. The third-order valence-corrected chi connectivity index (χ3v) is 4.74. The minimum atomic E-state index is -0.424. The minimum Gasteiger partial charge on any atom is -0.496 e. The lowest BCUT2D eigenvalue weighted by molar-refractivity contribution is -0.120. The SMILES string of the molecule is COc1ccc(C=C2N=C(c3ccc(Cl)cc3)N(C(N)=S)NC2=O)cc1Br. The van der Waals surface area contributed by atoms with E-state index in [1.54, 1.807) is 43.5 Å². The maximum atomic E-state index is 12.5. The lowest BCUT2D eigenvalue weighted by atomic mass is 10.1. The number of nitrogens with two attached hydrogens (primary N) is 1. The molecule has 0 spiro atoms. The number of nitrogens with zero attached hydrogens (tertiary/aromatic N) is 2. The molecule has 3 N–H and O–H groups in total. The van der Waals surface area contributed by atoms with E-state index >= 15 is 0 Å². The van der Waals surface area contributed by atoms with Gasteiger partial charge in [0.05, 0.1) is 11.6 Å². The van der Waals surface area contributed by atoms with Crippen LogP contribution >= 0.6 is 39.7 Å². The molecule has 0 saturated heterocycles. The predicted octanol–water partition coefficient (Wildman–Crippen LogP) is 3.49. The van der Waals surface area contributed by atoms with Gasteiger partial charge in [0.25, 0.3) is 5.91 Å². The molecule has 0 aromatic heterocycles. The molecule has 9 heteroatoms. The molecule has 0 unspecified atom stereocenters. The van der Waals surface area contributed by atoms with Crippen molar-refractivity contribution in [3.63, 3.8) is 0 Å². The summed E-state index contributed by atoms with van der Waals surface area (Å²) in [6, 6.07) is 12.4. The van der Waals surface area contributed by atoms with Crippen LogP contribution in [0.3, 0.4) is 0 Å². The van der Waals surface area contributed by atoms with Crippen molar-refractivity contribution < 1.29 is 9.53 Å². The molecule has 1 aliphatic heterocycles. The average Bonchev–Trinajstić information content (AvgIpc) is 2.64. The standard InChI is InChI=1S/C18H14BrClN4O2S/c1-26-15-7-2-10(8-13(15)19)9-14-17(25)23-24(18(21)27)16(22-14)11-3-5-12(20)6-4-11/h2-9H,1H3,(H2,21,27)(H,23,25). The zero-order valence-corrected chi connectivity index (χ0v) is 17.2. The lowest BCUT2D eigenvalue weighted by Gasteiger charge is -2.28. The van der Waals surface area contributed by atoms with Gasteiger partial charge in [0.15, 0.2) is 10.9 Å². The number of carbonyl (C=O) groups excluding carboxylic acids is 1. The predicted molar refractivity (Wildman–Crippen MR) is 113 cm³/mol. The molecule has 6 nitrogen and oxygen atoms in total. The molecule has 0 saturated carbocycles. The van der Waals surface area contributed by atoms with Gasteiger partial charge in [-0.1, -0.05) is 17.7 Å². The summed E-state index contributed by atoms with van der Waals surface area (Å²) in [4.78, 5) is 16.9. The smallest absolute Gasteiger partial charge is 0.288 e. The number of nitrogens with one attached hydrogen (secondary N) is 1. The van der Waals surface area contributed by atoms with Crippen LogP contribution in [0.15, 0.2) is 57.6 Å². The number of rotatable bonds is 3. The van der Waals surface area contributed by atoms with Gasteiger partial charge in [-0.2, -0.15) is 0 Å². The van der Waals surface area contributed by atoms with Gasteiger partial charge in [0.1, 0.15) is 11.4 Å². The molecular weight excluding hydrogens is 452 g/mol. The Morgan fingerprint density at radius 2 is 2.04 bits per heavy atom. The molecule has 0 atom stereocenters. The number of aliphatic imine (C=N–C) groups is 1. The maximum Gasteiger partial charge on any atom is 0.288 e. The molecular formula is C18H14BrClN4O2S. The van der Waals surface area contributed by atoms with Crippen LogP contribution in [0.4, 0.5) is 0 Å². The molecule has 0 bridgehead atoms. The van der Waals surface area contributed by atoms with Crippen molar-refractivity contribution in [1.82, 2.24) is 10.4 Å². The number of amides is 1. The van der Waals surface area contributed by atoms with Gasteiger partial charge in [0.2, 0.25) is 0 Å². The first-order valence-electron chi connectivity index (χ1n) is 7.69. The van der Waals surface area contributed by atoms with E-state index in [-0.39, 0.29) is 10.8 Å². The quantitative estimate of drug-likeness (QED) is 0.536. The first kappa shape index (κ1) is 19.3. The van der Waals surface area contributed by atoms with Crippen molar-refractivity contribution in [2.75, 3.05) is 7.11 Å². The molecule has 1 aliphatic rings. The molecule has 1 amide bonds. The van der Waals surface area contributed by atoms with Gasteiger partial charge in [-0.3, -0.25) is 10.2 Å². The van der Waals surface area contributed by atoms with Crippen molar-refractivity contribution in [2.24, 2.45) is 10.7 Å². The highest BCUT2D eigenvalue weighted by Crippen LogP contribution is 2.27. The van der Waals surface area contributed by atoms with Gasteiger partial charge < -0.3 is 10.5 Å². The first-order chi connectivity index (χ1) is 12.9. The number of methoxy groups -OCH3 is 1. The maximum absolute atomic E-state index is 12.5. The van der Waals surface area contributed by atoms with Gasteiger partial charge in [-0.15, -0.1) is 0 Å². The van der Waals surface area contributed by atoms with Crippen LogP contribution in [-0.4, -0.2) is 29.0 Å². The van der Waals surface area contributed by atoms with Gasteiger partial charge in [0, 0.05) is 10.6 Å². The summed E-state index contributed by atoms with van der Waals surface area (Å²) in [6.45, 7) is 0. The highest BCUT2D eigenvalue weighted by molar-refractivity contribution is 9.10. The highest BCUT2D eigenvalue weighted by Gasteiger charge is 2.26. The molecule has 0 aliphatic carbocycles. The zero-order chi connectivity index (χ0) is 19.6. The molecule has 138 valence electrons. The van der Waals surface area contributed by atoms with Crippen molar-refractivity contribution in [2.45, 2.75) is 0 Å². The van der Waals surface area contributed by atoms with Crippen LogP contribution in [0.5, 0.6) is 5.75 Å². The summed E-state index contributed by atoms with van der Waals surface area (Å²) in [5.41, 5.74) is 10.1. The Labute approximate surface area is 174 Å². The summed E-state index contributed by atoms with van der Waals surface area (Å²) < 4.78 is 5.98. The molecule has 0 fully saturated rings. The van der Waals surface area contributed by atoms with Crippen molar-refractivity contribution in [1.29, 1.82) is 0 Å². The van der Waals surface area contributed by atoms with Crippen LogP contribution in [0.1, 0.15) is 11.1 Å². The van der Waals surface area contributed by atoms with E-state index in [9.17, 15) is 4.79 Å². The number of hydrogen-bond acceptors (Lipinski definition) is 4. The summed E-state index contributed by atoms with van der Waals surface area (Å²) in [5, 5.41) is 1.82. The fourth-order valence-electron chi connectivity index (χ4n) is 2.41. The zero-order valence-electron chi connectivity index (χ0n) is 14.1. The second-order valence-electron chi connectivity index (χ2n) is 5.48. The molecule has 0 radical (unpaired) electrons. The summed E-state index contributed by atoms with van der Waals surface area (Å²) in [5.74, 6) is 0.667. The van der Waals surface area contributed by atoms with Crippen LogP contribution in [0, 0.1) is 0 Å². The fourth-order valence-corrected chi connectivity index (χ4v) is 3.22. The average molecular weight is 466 g/mol. The summed E-state index contributed by atoms with van der Waals surface area (Å²) >= 11 is 14.4. The number of hydrazine groups is 1. The summed E-state index contributed by atoms with van der Waals surface area (Å²) in [6.07, 6.45) is 1.66. The Bertz CT molecular complexity index is 976. The molecule has 2 aromatic rings. The van der Waals surface area contributed by atoms with E-state index in [2.05, 4.69) is 26.3 Å². The Balaban J connectivity index is 2.06. The van der Waals surface area contributed by atoms with Crippen LogP contribution in [-0.2, 0) is 4.79 Å². The van der Waals surface area contributed by atoms with Crippen LogP contribution in [0.25, 0.3) is 6.08 Å². The van der Waals surface area contributed by atoms with E-state index in [1.165, 1.54) is 5.01 Å². The number of amidine groups is 1. The van der Waals surface area contributed by atoms with E-state index in [0.717, 1.165) is 10.0 Å². The Morgan fingerprint density at radius 3 is 2.63 bits per heavy atom. The van der Waals surface area contributed by atoms with E-state index < -0.39 is 5.91 Å². The number of benzene rings is 2. The van der Waals surface area contributed by atoms with Crippen molar-refractivity contribution in [3.05, 3.63) is 68.8 Å². The number of hydrogen-bond donors (Lipinski definition) is 2. The number of halogens is 2. The summed E-state index contributed by atoms with van der Waals surface area (Å²) in [7, 11) is 1.58. The van der Waals surface area contributed by atoms with Gasteiger partial charge >= 0.3 is 0 Å². The highest BCUT2D eigenvalue weighted by atomic mass is 79.9. The molecule has 3 rings (SSSR count). The Kier molecular flexibility index (Phi) is 5.79. The van der Waals surface area contributed by atoms with Crippen LogP contribution in [0.2, 0.25) is 5.02 Å². The topological polar surface area (TPSA) is 79.9 Å². The van der Waals surface area contributed by atoms with Crippen molar-refractivity contribution in [3.8, 4) is 5.75 Å². The monoisotopic (exact) mass is 464 g/mol. The van der Waals surface area contributed by atoms with Gasteiger partial charge in [-0.05, 0) is 76.2 Å². The van der Waals surface area contributed by atoms with Crippen LogP contribution < -0.4 is 15.9 Å². The van der Waals surface area contributed by atoms with Crippen molar-refractivity contribution >= 4 is 62.7 Å². The third-order valence-electron chi connectivity index (χ3n) is 3.69.